The molecule has 0 saturated carbocycles. The first-order valence-corrected chi connectivity index (χ1v) is 8.26. The van der Waals surface area contributed by atoms with Gasteiger partial charge < -0.3 is 9.64 Å². The van der Waals surface area contributed by atoms with Gasteiger partial charge in [-0.15, -0.1) is 0 Å². The number of alkyl halides is 2. The van der Waals surface area contributed by atoms with E-state index in [1.807, 2.05) is 42.5 Å². The molecule has 5 heteroatoms. The molecule has 0 saturated heterocycles. The van der Waals surface area contributed by atoms with Crippen LogP contribution in [-0.2, 0) is 17.8 Å². The molecular weight excluding hydrogens is 336 g/mol. The Bertz CT molecular complexity index is 894. The summed E-state index contributed by atoms with van der Waals surface area (Å²) in [7, 11) is 1.73. The molecule has 0 unspecified atom stereocenters. The third kappa shape index (κ3) is 4.57. The van der Waals surface area contributed by atoms with Crippen LogP contribution in [0.25, 0.3) is 10.8 Å². The molecule has 0 heterocycles. The van der Waals surface area contributed by atoms with Crippen LogP contribution >= 0.6 is 0 Å². The minimum absolute atomic E-state index is 0.00631. The Morgan fingerprint density at radius 2 is 1.62 bits per heavy atom. The molecule has 134 valence electrons. The fourth-order valence-electron chi connectivity index (χ4n) is 2.80. The van der Waals surface area contributed by atoms with Crippen molar-refractivity contribution in [1.82, 2.24) is 4.90 Å². The standard InChI is InChI=1S/C21H19F2NO2/c1-24(14-15-7-10-19(11-8-15)26-21(22)23)20(25)13-16-6-9-17-4-2-3-5-18(17)12-16/h2-12,21H,13-14H2,1H3. The lowest BCUT2D eigenvalue weighted by molar-refractivity contribution is -0.129. The monoisotopic (exact) mass is 355 g/mol. The Labute approximate surface area is 150 Å². The van der Waals surface area contributed by atoms with Gasteiger partial charge in [0.1, 0.15) is 5.75 Å². The first-order valence-electron chi connectivity index (χ1n) is 8.26. The minimum atomic E-state index is -2.84. The number of hydrogen-bond acceptors (Lipinski definition) is 2. The van der Waals surface area contributed by atoms with Crippen molar-refractivity contribution >= 4 is 16.7 Å². The molecule has 0 atom stereocenters. The summed E-state index contributed by atoms with van der Waals surface area (Å²) < 4.78 is 28.7. The molecule has 0 radical (unpaired) electrons. The van der Waals surface area contributed by atoms with Gasteiger partial charge in [0.05, 0.1) is 6.42 Å². The highest BCUT2D eigenvalue weighted by Gasteiger charge is 2.11. The van der Waals surface area contributed by atoms with Crippen molar-refractivity contribution in [1.29, 1.82) is 0 Å². The van der Waals surface area contributed by atoms with E-state index >= 15 is 0 Å². The summed E-state index contributed by atoms with van der Waals surface area (Å²) in [6.07, 6.45) is 0.313. The zero-order valence-electron chi connectivity index (χ0n) is 14.4. The van der Waals surface area contributed by atoms with E-state index in [1.54, 1.807) is 24.1 Å². The number of nitrogens with zero attached hydrogens (tertiary/aromatic N) is 1. The quantitative estimate of drug-likeness (QED) is 0.645. The summed E-state index contributed by atoms with van der Waals surface area (Å²) in [5.74, 6) is 0.0991. The number of carbonyl (C=O) groups excluding carboxylic acids is 1. The molecule has 26 heavy (non-hydrogen) atoms. The third-order valence-electron chi connectivity index (χ3n) is 4.16. The van der Waals surface area contributed by atoms with Crippen molar-refractivity contribution in [2.75, 3.05) is 7.05 Å². The third-order valence-corrected chi connectivity index (χ3v) is 4.16. The highest BCUT2D eigenvalue weighted by molar-refractivity contribution is 5.85. The van der Waals surface area contributed by atoms with Gasteiger partial charge in [0.2, 0.25) is 5.91 Å². The van der Waals surface area contributed by atoms with Gasteiger partial charge in [0, 0.05) is 13.6 Å². The molecule has 3 nitrogen and oxygen atoms in total. The van der Waals surface area contributed by atoms with Crippen LogP contribution < -0.4 is 4.74 Å². The van der Waals surface area contributed by atoms with Crippen LogP contribution in [0.15, 0.2) is 66.7 Å². The average Bonchev–Trinajstić information content (AvgIpc) is 2.62. The van der Waals surface area contributed by atoms with E-state index in [0.717, 1.165) is 21.9 Å². The van der Waals surface area contributed by atoms with E-state index < -0.39 is 6.61 Å². The van der Waals surface area contributed by atoms with Crippen molar-refractivity contribution < 1.29 is 18.3 Å². The number of rotatable bonds is 6. The number of amides is 1. The predicted molar refractivity (Wildman–Crippen MR) is 97.2 cm³/mol. The summed E-state index contributed by atoms with van der Waals surface area (Å²) in [5.41, 5.74) is 1.81. The van der Waals surface area contributed by atoms with Gasteiger partial charge in [-0.3, -0.25) is 4.79 Å². The largest absolute Gasteiger partial charge is 0.435 e. The van der Waals surface area contributed by atoms with Gasteiger partial charge in [-0.25, -0.2) is 0 Å². The molecule has 0 spiro atoms. The Hall–Kier alpha value is -2.95. The van der Waals surface area contributed by atoms with Crippen molar-refractivity contribution in [3.05, 3.63) is 77.9 Å². The first kappa shape index (κ1) is 17.9. The number of fused-ring (bicyclic) bond motifs is 1. The van der Waals surface area contributed by atoms with E-state index in [1.165, 1.54) is 12.1 Å². The maximum atomic E-state index is 12.5. The molecule has 3 aromatic rings. The molecule has 3 rings (SSSR count). The van der Waals surface area contributed by atoms with Gasteiger partial charge in [0.15, 0.2) is 0 Å². The molecule has 0 aliphatic carbocycles. The second-order valence-electron chi connectivity index (χ2n) is 6.13. The molecule has 0 aliphatic heterocycles. The normalized spacial score (nSPS) is 10.9. The number of hydrogen-bond donors (Lipinski definition) is 0. The highest BCUT2D eigenvalue weighted by Crippen LogP contribution is 2.18. The topological polar surface area (TPSA) is 29.5 Å². The number of halogens is 2. The highest BCUT2D eigenvalue weighted by atomic mass is 19.3. The smallest absolute Gasteiger partial charge is 0.387 e. The maximum absolute atomic E-state index is 12.5. The summed E-state index contributed by atoms with van der Waals surface area (Å²) in [6, 6.07) is 20.3. The van der Waals surface area contributed by atoms with Gasteiger partial charge >= 0.3 is 6.61 Å². The molecular formula is C21H19F2NO2. The molecule has 0 aromatic heterocycles. The van der Waals surface area contributed by atoms with Crippen molar-refractivity contribution in [3.8, 4) is 5.75 Å². The Morgan fingerprint density at radius 3 is 2.31 bits per heavy atom. The minimum Gasteiger partial charge on any atom is -0.435 e. The lowest BCUT2D eigenvalue weighted by Gasteiger charge is -2.18. The van der Waals surface area contributed by atoms with Crippen molar-refractivity contribution in [3.63, 3.8) is 0 Å². The van der Waals surface area contributed by atoms with Crippen molar-refractivity contribution in [2.24, 2.45) is 0 Å². The Morgan fingerprint density at radius 1 is 0.962 bits per heavy atom. The van der Waals surface area contributed by atoms with E-state index in [2.05, 4.69) is 4.74 Å². The lowest BCUT2D eigenvalue weighted by atomic mass is 10.0. The van der Waals surface area contributed by atoms with Crippen LogP contribution in [0.2, 0.25) is 0 Å². The van der Waals surface area contributed by atoms with Crippen LogP contribution in [0.3, 0.4) is 0 Å². The van der Waals surface area contributed by atoms with Crippen LogP contribution in [0.4, 0.5) is 8.78 Å². The van der Waals surface area contributed by atoms with Gasteiger partial charge in [-0.05, 0) is 34.0 Å². The molecule has 0 bridgehead atoms. The van der Waals surface area contributed by atoms with Gasteiger partial charge in [-0.1, -0.05) is 54.6 Å². The first-order chi connectivity index (χ1) is 12.5. The SMILES string of the molecule is CN(Cc1ccc(OC(F)F)cc1)C(=O)Cc1ccc2ccccc2c1. The second-order valence-corrected chi connectivity index (χ2v) is 6.13. The molecule has 3 aromatic carbocycles. The van der Waals surface area contributed by atoms with E-state index in [-0.39, 0.29) is 11.7 Å². The lowest BCUT2D eigenvalue weighted by Crippen LogP contribution is -2.27. The number of carbonyl (C=O) groups is 1. The van der Waals surface area contributed by atoms with Gasteiger partial charge in [0.25, 0.3) is 0 Å². The van der Waals surface area contributed by atoms with Crippen LogP contribution in [-0.4, -0.2) is 24.5 Å². The summed E-state index contributed by atoms with van der Waals surface area (Å²) >= 11 is 0. The van der Waals surface area contributed by atoms with E-state index in [4.69, 9.17) is 0 Å². The Kier molecular flexibility index (Phi) is 5.46. The van der Waals surface area contributed by atoms with Crippen LogP contribution in [0.5, 0.6) is 5.75 Å². The summed E-state index contributed by atoms with van der Waals surface area (Å²) in [5, 5.41) is 2.25. The summed E-state index contributed by atoms with van der Waals surface area (Å²) in [4.78, 5) is 14.1. The van der Waals surface area contributed by atoms with Crippen molar-refractivity contribution in [2.45, 2.75) is 19.6 Å². The second kappa shape index (κ2) is 7.95. The van der Waals surface area contributed by atoms with Crippen LogP contribution in [0, 0.1) is 0 Å². The number of likely N-dealkylation sites (N-methyl/N-ethyl adjacent to an activating group) is 1. The fraction of sp³-hybridized carbons (Fsp3) is 0.190. The zero-order chi connectivity index (χ0) is 18.5. The average molecular weight is 355 g/mol. The molecule has 0 aliphatic rings. The predicted octanol–water partition coefficient (Wildman–Crippen LogP) is 4.64. The molecule has 0 fully saturated rings. The zero-order valence-corrected chi connectivity index (χ0v) is 14.4. The summed E-state index contributed by atoms with van der Waals surface area (Å²) in [6.45, 7) is -2.44. The number of ether oxygens (including phenoxy) is 1. The Balaban J connectivity index is 1.61. The number of benzene rings is 3. The molecule has 1 amide bonds. The maximum Gasteiger partial charge on any atom is 0.387 e. The van der Waals surface area contributed by atoms with E-state index in [0.29, 0.717) is 13.0 Å². The van der Waals surface area contributed by atoms with Gasteiger partial charge in [-0.2, -0.15) is 8.78 Å². The fourth-order valence-corrected chi connectivity index (χ4v) is 2.80. The van der Waals surface area contributed by atoms with Crippen LogP contribution in [0.1, 0.15) is 11.1 Å². The van der Waals surface area contributed by atoms with E-state index in [9.17, 15) is 13.6 Å². The molecule has 0 N–H and O–H groups in total.